The van der Waals surface area contributed by atoms with Gasteiger partial charge < -0.3 is 5.11 Å². The fourth-order valence-electron chi connectivity index (χ4n) is 2.24. The van der Waals surface area contributed by atoms with Crippen molar-refractivity contribution in [3.8, 4) is 0 Å². The molecule has 1 aromatic rings. The second-order valence-electron chi connectivity index (χ2n) is 4.35. The highest BCUT2D eigenvalue weighted by molar-refractivity contribution is 6.29. The first kappa shape index (κ1) is 11.8. The van der Waals surface area contributed by atoms with Crippen LogP contribution in [0, 0.1) is 5.92 Å². The third-order valence-electron chi connectivity index (χ3n) is 3.07. The predicted molar refractivity (Wildman–Crippen MR) is 64.3 cm³/mol. The summed E-state index contributed by atoms with van der Waals surface area (Å²) in [5.74, 6) is 0.643. The number of rotatable bonds is 4. The molecule has 0 aliphatic carbocycles. The molecule has 1 atom stereocenters. The largest absolute Gasteiger partial charge is 0.396 e. The number of pyridine rings is 1. The van der Waals surface area contributed by atoms with Crippen LogP contribution in [0.1, 0.15) is 18.5 Å². The minimum atomic E-state index is 0.300. The van der Waals surface area contributed by atoms with Gasteiger partial charge in [0.25, 0.3) is 0 Å². The van der Waals surface area contributed by atoms with E-state index in [4.69, 9.17) is 16.7 Å². The van der Waals surface area contributed by atoms with Gasteiger partial charge in [0.15, 0.2) is 0 Å². The Kier molecular flexibility index (Phi) is 4.16. The molecule has 0 radical (unpaired) electrons. The lowest BCUT2D eigenvalue weighted by Gasteiger charge is -2.15. The normalized spacial score (nSPS) is 21.5. The van der Waals surface area contributed by atoms with Crippen molar-refractivity contribution in [2.75, 3.05) is 19.7 Å². The summed E-state index contributed by atoms with van der Waals surface area (Å²) in [6.45, 7) is 3.32. The van der Waals surface area contributed by atoms with Crippen molar-refractivity contribution in [2.24, 2.45) is 5.92 Å². The Morgan fingerprint density at radius 2 is 2.38 bits per heavy atom. The Balaban J connectivity index is 1.87. The molecule has 3 nitrogen and oxygen atoms in total. The summed E-state index contributed by atoms with van der Waals surface area (Å²) in [6, 6.07) is 5.74. The highest BCUT2D eigenvalue weighted by Crippen LogP contribution is 2.20. The van der Waals surface area contributed by atoms with Crippen LogP contribution in [0.25, 0.3) is 0 Å². The summed E-state index contributed by atoms with van der Waals surface area (Å²) in [6.07, 6.45) is 2.10. The molecule has 0 amide bonds. The number of aromatic nitrogens is 1. The first-order chi connectivity index (χ1) is 7.78. The summed E-state index contributed by atoms with van der Waals surface area (Å²) in [5, 5.41) is 9.45. The molecule has 1 saturated heterocycles. The van der Waals surface area contributed by atoms with Crippen LogP contribution in [0.4, 0.5) is 0 Å². The fraction of sp³-hybridized carbons (Fsp3) is 0.583. The molecule has 1 unspecified atom stereocenters. The Morgan fingerprint density at radius 1 is 1.50 bits per heavy atom. The summed E-state index contributed by atoms with van der Waals surface area (Å²) < 4.78 is 0. The van der Waals surface area contributed by atoms with Crippen LogP contribution < -0.4 is 0 Å². The molecular formula is C12H17ClN2O. The van der Waals surface area contributed by atoms with E-state index in [2.05, 4.69) is 9.88 Å². The van der Waals surface area contributed by atoms with Crippen LogP contribution in [-0.2, 0) is 6.54 Å². The Morgan fingerprint density at radius 3 is 3.12 bits per heavy atom. The number of nitrogens with zero attached hydrogens (tertiary/aromatic N) is 2. The van der Waals surface area contributed by atoms with Crippen LogP contribution in [0.15, 0.2) is 18.2 Å². The van der Waals surface area contributed by atoms with Gasteiger partial charge in [-0.3, -0.25) is 4.90 Å². The van der Waals surface area contributed by atoms with Crippen molar-refractivity contribution < 1.29 is 5.11 Å². The zero-order valence-corrected chi connectivity index (χ0v) is 10.0. The van der Waals surface area contributed by atoms with E-state index >= 15 is 0 Å². The number of halogens is 1. The molecule has 0 spiro atoms. The van der Waals surface area contributed by atoms with Crippen molar-refractivity contribution >= 4 is 11.6 Å². The van der Waals surface area contributed by atoms with E-state index in [1.54, 1.807) is 6.07 Å². The van der Waals surface area contributed by atoms with E-state index in [9.17, 15) is 0 Å². The standard InChI is InChI=1S/C12H17ClN2O/c13-12-3-1-2-11(14-12)9-15-6-4-10(8-15)5-7-16/h1-3,10,16H,4-9H2. The van der Waals surface area contributed by atoms with Gasteiger partial charge in [0.2, 0.25) is 0 Å². The van der Waals surface area contributed by atoms with Crippen LogP contribution in [0.5, 0.6) is 0 Å². The molecule has 2 heterocycles. The minimum absolute atomic E-state index is 0.300. The molecule has 4 heteroatoms. The average molecular weight is 241 g/mol. The lowest BCUT2D eigenvalue weighted by molar-refractivity contribution is 0.249. The predicted octanol–water partition coefficient (Wildman–Crippen LogP) is 1.94. The van der Waals surface area contributed by atoms with Gasteiger partial charge in [0, 0.05) is 19.7 Å². The Hall–Kier alpha value is -0.640. The van der Waals surface area contributed by atoms with Crippen LogP contribution in [-0.4, -0.2) is 34.7 Å². The third-order valence-corrected chi connectivity index (χ3v) is 3.28. The highest BCUT2D eigenvalue weighted by atomic mass is 35.5. The summed E-state index contributed by atoms with van der Waals surface area (Å²) >= 11 is 5.85. The first-order valence-electron chi connectivity index (χ1n) is 5.72. The van der Waals surface area contributed by atoms with E-state index in [1.807, 2.05) is 12.1 Å². The fourth-order valence-corrected chi connectivity index (χ4v) is 2.42. The monoisotopic (exact) mass is 240 g/mol. The number of hydrogen-bond acceptors (Lipinski definition) is 3. The summed E-state index contributed by atoms with van der Waals surface area (Å²) in [7, 11) is 0. The van der Waals surface area contributed by atoms with Gasteiger partial charge in [-0.25, -0.2) is 4.98 Å². The van der Waals surface area contributed by atoms with Crippen LogP contribution in [0.3, 0.4) is 0 Å². The van der Waals surface area contributed by atoms with Gasteiger partial charge in [0.05, 0.1) is 5.69 Å². The molecule has 0 saturated carbocycles. The highest BCUT2D eigenvalue weighted by Gasteiger charge is 2.21. The molecule has 88 valence electrons. The van der Waals surface area contributed by atoms with E-state index in [1.165, 1.54) is 6.42 Å². The zero-order valence-electron chi connectivity index (χ0n) is 9.27. The molecular weight excluding hydrogens is 224 g/mol. The smallest absolute Gasteiger partial charge is 0.129 e. The van der Waals surface area contributed by atoms with Crippen molar-refractivity contribution in [1.82, 2.24) is 9.88 Å². The summed E-state index contributed by atoms with van der Waals surface area (Å²) in [5.41, 5.74) is 1.03. The van der Waals surface area contributed by atoms with E-state index < -0.39 is 0 Å². The maximum atomic E-state index is 8.89. The lowest BCUT2D eigenvalue weighted by atomic mass is 10.1. The lowest BCUT2D eigenvalue weighted by Crippen LogP contribution is -2.21. The van der Waals surface area contributed by atoms with Crippen molar-refractivity contribution in [3.63, 3.8) is 0 Å². The van der Waals surface area contributed by atoms with Crippen LogP contribution >= 0.6 is 11.6 Å². The van der Waals surface area contributed by atoms with E-state index in [-0.39, 0.29) is 0 Å². The van der Waals surface area contributed by atoms with Gasteiger partial charge in [0.1, 0.15) is 5.15 Å². The topological polar surface area (TPSA) is 36.4 Å². The van der Waals surface area contributed by atoms with Gasteiger partial charge in [-0.2, -0.15) is 0 Å². The number of aliphatic hydroxyl groups is 1. The molecule has 0 bridgehead atoms. The molecule has 2 rings (SSSR count). The van der Waals surface area contributed by atoms with Gasteiger partial charge in [-0.1, -0.05) is 17.7 Å². The second-order valence-corrected chi connectivity index (χ2v) is 4.74. The summed E-state index contributed by atoms with van der Waals surface area (Å²) in [4.78, 5) is 6.66. The number of aliphatic hydroxyl groups excluding tert-OH is 1. The zero-order chi connectivity index (χ0) is 11.4. The molecule has 1 aliphatic rings. The molecule has 1 N–H and O–H groups in total. The van der Waals surface area contributed by atoms with Crippen LogP contribution in [0.2, 0.25) is 5.15 Å². The molecule has 1 aromatic heterocycles. The van der Waals surface area contributed by atoms with Gasteiger partial charge >= 0.3 is 0 Å². The van der Waals surface area contributed by atoms with Crippen molar-refractivity contribution in [1.29, 1.82) is 0 Å². The maximum Gasteiger partial charge on any atom is 0.129 e. The maximum absolute atomic E-state index is 8.89. The van der Waals surface area contributed by atoms with E-state index in [0.717, 1.165) is 31.7 Å². The van der Waals surface area contributed by atoms with Crippen molar-refractivity contribution in [2.45, 2.75) is 19.4 Å². The molecule has 1 fully saturated rings. The minimum Gasteiger partial charge on any atom is -0.396 e. The average Bonchev–Trinajstić information content (AvgIpc) is 2.66. The second kappa shape index (κ2) is 5.62. The number of hydrogen-bond donors (Lipinski definition) is 1. The first-order valence-corrected chi connectivity index (χ1v) is 6.10. The Labute approximate surface area is 101 Å². The Bertz CT molecular complexity index is 346. The SMILES string of the molecule is OCCC1CCN(Cc2cccc(Cl)n2)C1. The quantitative estimate of drug-likeness (QED) is 0.818. The molecule has 16 heavy (non-hydrogen) atoms. The van der Waals surface area contributed by atoms with E-state index in [0.29, 0.717) is 17.7 Å². The number of likely N-dealkylation sites (tertiary alicyclic amines) is 1. The third kappa shape index (κ3) is 3.17. The van der Waals surface area contributed by atoms with Gasteiger partial charge in [-0.15, -0.1) is 0 Å². The molecule has 1 aliphatic heterocycles. The molecule has 0 aromatic carbocycles. The van der Waals surface area contributed by atoms with Gasteiger partial charge in [-0.05, 0) is 37.4 Å². The van der Waals surface area contributed by atoms with Crippen molar-refractivity contribution in [3.05, 3.63) is 29.0 Å².